The summed E-state index contributed by atoms with van der Waals surface area (Å²) < 4.78 is 0. The fourth-order valence-corrected chi connectivity index (χ4v) is 3.42. The molecule has 2 unspecified atom stereocenters. The second-order valence-electron chi connectivity index (χ2n) is 7.47. The highest BCUT2D eigenvalue weighted by Gasteiger charge is 2.32. The Balaban J connectivity index is 2.16. The lowest BCUT2D eigenvalue weighted by atomic mass is 9.96. The molecule has 1 aromatic rings. The van der Waals surface area contributed by atoms with Gasteiger partial charge in [0.1, 0.15) is 0 Å². The molecular formula is C19H30N2O. The molecule has 0 bridgehead atoms. The van der Waals surface area contributed by atoms with Crippen LogP contribution in [0.3, 0.4) is 0 Å². The molecule has 2 atom stereocenters. The van der Waals surface area contributed by atoms with E-state index in [-0.39, 0.29) is 23.9 Å². The molecule has 22 heavy (non-hydrogen) atoms. The van der Waals surface area contributed by atoms with Crippen LogP contribution in [0.5, 0.6) is 0 Å². The van der Waals surface area contributed by atoms with Crippen LogP contribution >= 0.6 is 0 Å². The minimum absolute atomic E-state index is 0.0348. The zero-order chi connectivity index (χ0) is 16.4. The average Bonchev–Trinajstić information content (AvgIpc) is 2.71. The van der Waals surface area contributed by atoms with Gasteiger partial charge in [-0.05, 0) is 49.3 Å². The molecule has 1 aromatic carbocycles. The maximum absolute atomic E-state index is 12.4. The van der Waals surface area contributed by atoms with Gasteiger partial charge < -0.3 is 10.6 Å². The van der Waals surface area contributed by atoms with E-state index in [4.69, 9.17) is 5.73 Å². The highest BCUT2D eigenvalue weighted by Crippen LogP contribution is 2.34. The maximum atomic E-state index is 12.4. The second kappa shape index (κ2) is 6.82. The number of nitrogens with zero attached hydrogens (tertiary/aromatic N) is 1. The van der Waals surface area contributed by atoms with Gasteiger partial charge in [0.25, 0.3) is 0 Å². The first-order valence-corrected chi connectivity index (χ1v) is 8.50. The van der Waals surface area contributed by atoms with Crippen molar-refractivity contribution < 1.29 is 4.79 Å². The summed E-state index contributed by atoms with van der Waals surface area (Å²) in [5.41, 5.74) is 9.90. The summed E-state index contributed by atoms with van der Waals surface area (Å²) in [6.45, 7) is 10.5. The van der Waals surface area contributed by atoms with Crippen molar-refractivity contribution in [1.82, 2.24) is 0 Å². The second-order valence-corrected chi connectivity index (χ2v) is 7.47. The van der Waals surface area contributed by atoms with Crippen LogP contribution in [0.2, 0.25) is 0 Å². The van der Waals surface area contributed by atoms with E-state index in [1.165, 1.54) is 11.1 Å². The van der Waals surface area contributed by atoms with E-state index in [2.05, 4.69) is 39.0 Å². The predicted molar refractivity (Wildman–Crippen MR) is 93.1 cm³/mol. The molecule has 2 N–H and O–H groups in total. The number of nitrogens with two attached hydrogens (primary N) is 1. The van der Waals surface area contributed by atoms with Crippen LogP contribution in [0.25, 0.3) is 0 Å². The van der Waals surface area contributed by atoms with Crippen molar-refractivity contribution in [1.29, 1.82) is 0 Å². The number of carbonyl (C=O) groups is 1. The first-order chi connectivity index (χ1) is 10.3. The van der Waals surface area contributed by atoms with E-state index in [0.717, 1.165) is 24.9 Å². The molecule has 0 aliphatic carbocycles. The van der Waals surface area contributed by atoms with E-state index in [1.54, 1.807) is 0 Å². The van der Waals surface area contributed by atoms with Gasteiger partial charge in [0.2, 0.25) is 5.91 Å². The number of benzene rings is 1. The van der Waals surface area contributed by atoms with Crippen molar-refractivity contribution in [2.24, 2.45) is 17.6 Å². The zero-order valence-corrected chi connectivity index (χ0v) is 14.6. The number of rotatable bonds is 5. The van der Waals surface area contributed by atoms with E-state index in [1.807, 2.05) is 18.7 Å². The highest BCUT2D eigenvalue weighted by molar-refractivity contribution is 5.97. The Kier molecular flexibility index (Phi) is 5.28. The van der Waals surface area contributed by atoms with E-state index < -0.39 is 0 Å². The molecule has 2 rings (SSSR count). The molecule has 0 fully saturated rings. The molecule has 3 heteroatoms. The summed E-state index contributed by atoms with van der Waals surface area (Å²) in [6, 6.07) is 6.96. The van der Waals surface area contributed by atoms with Crippen LogP contribution in [0, 0.1) is 11.8 Å². The van der Waals surface area contributed by atoms with E-state index in [0.29, 0.717) is 5.92 Å². The SMILES string of the molecule is CC(C)CC(N)Cc1ccc2c(c1)CC(C)N2C(=O)C(C)C. The summed E-state index contributed by atoms with van der Waals surface area (Å²) in [5.74, 6) is 0.881. The summed E-state index contributed by atoms with van der Waals surface area (Å²) in [7, 11) is 0. The molecule has 0 saturated heterocycles. The van der Waals surface area contributed by atoms with E-state index in [9.17, 15) is 4.79 Å². The molecule has 122 valence electrons. The van der Waals surface area contributed by atoms with Gasteiger partial charge in [0.05, 0.1) is 0 Å². The summed E-state index contributed by atoms with van der Waals surface area (Å²) in [6.07, 6.45) is 2.91. The van der Waals surface area contributed by atoms with Crippen LogP contribution < -0.4 is 10.6 Å². The van der Waals surface area contributed by atoms with Crippen molar-refractivity contribution >= 4 is 11.6 Å². The lowest BCUT2D eigenvalue weighted by Crippen LogP contribution is -2.38. The van der Waals surface area contributed by atoms with Gasteiger partial charge in [-0.1, -0.05) is 39.8 Å². The van der Waals surface area contributed by atoms with Crippen LogP contribution in [-0.2, 0) is 17.6 Å². The topological polar surface area (TPSA) is 46.3 Å². The van der Waals surface area contributed by atoms with Gasteiger partial charge in [0.15, 0.2) is 0 Å². The quantitative estimate of drug-likeness (QED) is 0.904. The third kappa shape index (κ3) is 3.70. The Morgan fingerprint density at radius 2 is 2.00 bits per heavy atom. The normalized spacial score (nSPS) is 18.9. The molecule has 1 amide bonds. The summed E-state index contributed by atoms with van der Waals surface area (Å²) >= 11 is 0. The molecule has 0 saturated carbocycles. The molecule has 1 heterocycles. The van der Waals surface area contributed by atoms with Gasteiger partial charge in [-0.3, -0.25) is 4.79 Å². The first kappa shape index (κ1) is 17.0. The fraction of sp³-hybridized carbons (Fsp3) is 0.632. The molecule has 1 aliphatic rings. The number of fused-ring (bicyclic) bond motifs is 1. The van der Waals surface area contributed by atoms with Crippen molar-refractivity contribution in [3.05, 3.63) is 29.3 Å². The van der Waals surface area contributed by atoms with Gasteiger partial charge >= 0.3 is 0 Å². The van der Waals surface area contributed by atoms with Crippen LogP contribution in [0.1, 0.15) is 52.2 Å². The Bertz CT molecular complexity index is 536. The molecule has 1 aliphatic heterocycles. The molecule has 0 radical (unpaired) electrons. The minimum atomic E-state index is 0.0348. The zero-order valence-electron chi connectivity index (χ0n) is 14.6. The van der Waals surface area contributed by atoms with E-state index >= 15 is 0 Å². The highest BCUT2D eigenvalue weighted by atomic mass is 16.2. The van der Waals surface area contributed by atoms with Gasteiger partial charge in [-0.15, -0.1) is 0 Å². The third-order valence-electron chi connectivity index (χ3n) is 4.36. The Morgan fingerprint density at radius 3 is 2.59 bits per heavy atom. The molecule has 3 nitrogen and oxygen atoms in total. The average molecular weight is 302 g/mol. The van der Waals surface area contributed by atoms with Gasteiger partial charge in [0, 0.05) is 23.7 Å². The number of anilines is 1. The standard InChI is InChI=1S/C19H30N2O/c1-12(2)8-17(20)11-15-6-7-18-16(10-15)9-14(5)21(18)19(22)13(3)4/h6-7,10,12-14,17H,8-9,11,20H2,1-5H3. The number of hydrogen-bond donors (Lipinski definition) is 1. The number of hydrogen-bond acceptors (Lipinski definition) is 2. The lowest BCUT2D eigenvalue weighted by molar-refractivity contribution is -0.121. The fourth-order valence-electron chi connectivity index (χ4n) is 3.42. The number of amides is 1. The largest absolute Gasteiger partial charge is 0.327 e. The van der Waals surface area contributed by atoms with Crippen molar-refractivity contribution in [3.8, 4) is 0 Å². The minimum Gasteiger partial charge on any atom is -0.327 e. The van der Waals surface area contributed by atoms with Crippen LogP contribution in [0.4, 0.5) is 5.69 Å². The molecule has 0 spiro atoms. The monoisotopic (exact) mass is 302 g/mol. The smallest absolute Gasteiger partial charge is 0.229 e. The third-order valence-corrected chi connectivity index (χ3v) is 4.36. The molecule has 0 aromatic heterocycles. The predicted octanol–water partition coefficient (Wildman–Crippen LogP) is 3.54. The molecular weight excluding hydrogens is 272 g/mol. The summed E-state index contributed by atoms with van der Waals surface area (Å²) in [4.78, 5) is 14.4. The van der Waals surface area contributed by atoms with Gasteiger partial charge in [-0.25, -0.2) is 0 Å². The van der Waals surface area contributed by atoms with Gasteiger partial charge in [-0.2, -0.15) is 0 Å². The Morgan fingerprint density at radius 1 is 1.32 bits per heavy atom. The first-order valence-electron chi connectivity index (χ1n) is 8.50. The number of carbonyl (C=O) groups excluding carboxylic acids is 1. The Labute approximate surface area is 134 Å². The maximum Gasteiger partial charge on any atom is 0.229 e. The van der Waals surface area contributed by atoms with Crippen molar-refractivity contribution in [2.75, 3.05) is 4.90 Å². The van der Waals surface area contributed by atoms with Crippen molar-refractivity contribution in [3.63, 3.8) is 0 Å². The van der Waals surface area contributed by atoms with Crippen molar-refractivity contribution in [2.45, 2.75) is 66.0 Å². The Hall–Kier alpha value is -1.35. The van der Waals surface area contributed by atoms with Crippen LogP contribution in [-0.4, -0.2) is 18.0 Å². The van der Waals surface area contributed by atoms with Crippen LogP contribution in [0.15, 0.2) is 18.2 Å². The lowest BCUT2D eigenvalue weighted by Gasteiger charge is -2.24. The summed E-state index contributed by atoms with van der Waals surface area (Å²) in [5, 5.41) is 0.